The molecule has 0 bridgehead atoms. The Hall–Kier alpha value is -2.44. The number of ether oxygens (including phenoxy) is 1. The van der Waals surface area contributed by atoms with Crippen LogP contribution in [0.1, 0.15) is 41.7 Å². The van der Waals surface area contributed by atoms with Gasteiger partial charge in [-0.3, -0.25) is 14.7 Å². The van der Waals surface area contributed by atoms with Gasteiger partial charge in [0.15, 0.2) is 0 Å². The molecule has 2 saturated heterocycles. The summed E-state index contributed by atoms with van der Waals surface area (Å²) in [7, 11) is 0. The van der Waals surface area contributed by atoms with Gasteiger partial charge in [0.05, 0.1) is 11.3 Å². The Morgan fingerprint density at radius 3 is 2.63 bits per heavy atom. The van der Waals surface area contributed by atoms with E-state index < -0.39 is 0 Å². The molecule has 0 spiro atoms. The van der Waals surface area contributed by atoms with Crippen molar-refractivity contribution in [3.05, 3.63) is 59.9 Å². The summed E-state index contributed by atoms with van der Waals surface area (Å²) in [6.07, 6.45) is 5.75. The SMILES string of the molecule is O=C(c1ccccc1OC1CCN(Cc2ccccn2)CC1)N1CCC[C@H](CO)C1. The van der Waals surface area contributed by atoms with Crippen molar-refractivity contribution in [3.8, 4) is 5.75 Å². The number of carbonyl (C=O) groups excluding carboxylic acids is 1. The minimum absolute atomic E-state index is 0.0105. The number of rotatable bonds is 6. The van der Waals surface area contributed by atoms with Crippen LogP contribution in [0.5, 0.6) is 5.75 Å². The highest BCUT2D eigenvalue weighted by Crippen LogP contribution is 2.26. The van der Waals surface area contributed by atoms with Gasteiger partial charge in [-0.1, -0.05) is 18.2 Å². The predicted octanol–water partition coefficient (Wildman–Crippen LogP) is 2.97. The largest absolute Gasteiger partial charge is 0.489 e. The van der Waals surface area contributed by atoms with E-state index in [1.54, 1.807) is 0 Å². The quantitative estimate of drug-likeness (QED) is 0.795. The Morgan fingerprint density at radius 1 is 1.07 bits per heavy atom. The summed E-state index contributed by atoms with van der Waals surface area (Å²) in [5.41, 5.74) is 1.72. The van der Waals surface area contributed by atoms with E-state index in [1.807, 2.05) is 47.5 Å². The van der Waals surface area contributed by atoms with Crippen LogP contribution < -0.4 is 4.74 Å². The number of hydrogen-bond donors (Lipinski definition) is 1. The molecule has 160 valence electrons. The summed E-state index contributed by atoms with van der Waals surface area (Å²) in [6, 6.07) is 13.6. The van der Waals surface area contributed by atoms with Crippen molar-refractivity contribution in [1.82, 2.24) is 14.8 Å². The molecule has 0 radical (unpaired) electrons. The summed E-state index contributed by atoms with van der Waals surface area (Å²) < 4.78 is 6.31. The molecule has 2 aliphatic rings. The van der Waals surface area contributed by atoms with Gasteiger partial charge in [0.25, 0.3) is 5.91 Å². The van der Waals surface area contributed by atoms with E-state index in [1.165, 1.54) is 0 Å². The Bertz CT molecular complexity index is 821. The lowest BCUT2D eigenvalue weighted by molar-refractivity contribution is 0.0604. The number of nitrogens with zero attached hydrogens (tertiary/aromatic N) is 3. The monoisotopic (exact) mass is 409 g/mol. The van der Waals surface area contributed by atoms with Crippen molar-refractivity contribution < 1.29 is 14.6 Å². The summed E-state index contributed by atoms with van der Waals surface area (Å²) in [6.45, 7) is 4.29. The zero-order valence-corrected chi connectivity index (χ0v) is 17.4. The molecule has 1 aromatic carbocycles. The molecule has 0 saturated carbocycles. The number of likely N-dealkylation sites (tertiary alicyclic amines) is 2. The summed E-state index contributed by atoms with van der Waals surface area (Å²) in [4.78, 5) is 21.8. The van der Waals surface area contributed by atoms with E-state index in [2.05, 4.69) is 16.0 Å². The third kappa shape index (κ3) is 5.18. The lowest BCUT2D eigenvalue weighted by atomic mass is 9.98. The molecule has 1 atom stereocenters. The zero-order valence-electron chi connectivity index (χ0n) is 17.4. The number of amides is 1. The van der Waals surface area contributed by atoms with Crippen molar-refractivity contribution >= 4 is 5.91 Å². The first-order valence-corrected chi connectivity index (χ1v) is 11.0. The Labute approximate surface area is 178 Å². The summed E-state index contributed by atoms with van der Waals surface area (Å²) in [5.74, 6) is 0.868. The zero-order chi connectivity index (χ0) is 20.8. The van der Waals surface area contributed by atoms with Crippen molar-refractivity contribution in [2.24, 2.45) is 5.92 Å². The van der Waals surface area contributed by atoms with Crippen LogP contribution in [0, 0.1) is 5.92 Å². The van der Waals surface area contributed by atoms with Crippen LogP contribution in [-0.2, 0) is 6.54 Å². The maximum absolute atomic E-state index is 13.1. The summed E-state index contributed by atoms with van der Waals surface area (Å²) in [5, 5.41) is 9.48. The molecule has 2 aliphatic heterocycles. The van der Waals surface area contributed by atoms with Crippen LogP contribution in [-0.4, -0.2) is 64.7 Å². The average Bonchev–Trinajstić information content (AvgIpc) is 2.81. The smallest absolute Gasteiger partial charge is 0.257 e. The third-order valence-corrected chi connectivity index (χ3v) is 6.12. The molecule has 30 heavy (non-hydrogen) atoms. The maximum Gasteiger partial charge on any atom is 0.257 e. The van der Waals surface area contributed by atoms with E-state index in [9.17, 15) is 9.90 Å². The fourth-order valence-electron chi connectivity index (χ4n) is 4.40. The molecule has 4 rings (SSSR count). The molecule has 6 nitrogen and oxygen atoms in total. The highest BCUT2D eigenvalue weighted by atomic mass is 16.5. The van der Waals surface area contributed by atoms with Crippen LogP contribution in [0.15, 0.2) is 48.7 Å². The van der Waals surface area contributed by atoms with Crippen molar-refractivity contribution in [2.75, 3.05) is 32.8 Å². The first kappa shape index (κ1) is 20.8. The number of pyridine rings is 1. The van der Waals surface area contributed by atoms with Crippen LogP contribution in [0.4, 0.5) is 0 Å². The van der Waals surface area contributed by atoms with Gasteiger partial charge in [-0.15, -0.1) is 0 Å². The average molecular weight is 410 g/mol. The van der Waals surface area contributed by atoms with Crippen LogP contribution in [0.3, 0.4) is 0 Å². The molecular formula is C24H31N3O3. The second-order valence-corrected chi connectivity index (χ2v) is 8.35. The second kappa shape index (κ2) is 10.0. The van der Waals surface area contributed by atoms with Crippen molar-refractivity contribution in [1.29, 1.82) is 0 Å². The first-order valence-electron chi connectivity index (χ1n) is 11.0. The van der Waals surface area contributed by atoms with Gasteiger partial charge in [0.1, 0.15) is 11.9 Å². The maximum atomic E-state index is 13.1. The van der Waals surface area contributed by atoms with Gasteiger partial charge in [0, 0.05) is 45.5 Å². The van der Waals surface area contributed by atoms with E-state index in [-0.39, 0.29) is 24.5 Å². The van der Waals surface area contributed by atoms with E-state index in [0.29, 0.717) is 17.9 Å². The molecule has 1 aromatic heterocycles. The van der Waals surface area contributed by atoms with Crippen molar-refractivity contribution in [2.45, 2.75) is 38.3 Å². The molecule has 6 heteroatoms. The molecule has 1 amide bonds. The highest BCUT2D eigenvalue weighted by Gasteiger charge is 2.27. The minimum Gasteiger partial charge on any atom is -0.489 e. The van der Waals surface area contributed by atoms with Crippen LogP contribution >= 0.6 is 0 Å². The lowest BCUT2D eigenvalue weighted by Crippen LogP contribution is -2.41. The first-order chi connectivity index (χ1) is 14.7. The summed E-state index contributed by atoms with van der Waals surface area (Å²) >= 11 is 0. The second-order valence-electron chi connectivity index (χ2n) is 8.35. The molecule has 2 aromatic rings. The number of hydrogen-bond acceptors (Lipinski definition) is 5. The number of aliphatic hydroxyl groups is 1. The number of aromatic nitrogens is 1. The van der Waals surface area contributed by atoms with E-state index >= 15 is 0 Å². The number of aliphatic hydroxyl groups excluding tert-OH is 1. The fourth-order valence-corrected chi connectivity index (χ4v) is 4.40. The fraction of sp³-hybridized carbons (Fsp3) is 0.500. The standard InChI is InChI=1S/C24H31N3O3/c28-18-19-6-5-13-27(16-19)24(29)22-8-1-2-9-23(22)30-21-10-14-26(15-11-21)17-20-7-3-4-12-25-20/h1-4,7-9,12,19,21,28H,5-6,10-11,13-18H2/t19-/m0/s1. The van der Waals surface area contributed by atoms with Gasteiger partial charge < -0.3 is 14.7 Å². The normalized spacial score (nSPS) is 20.8. The Kier molecular flexibility index (Phi) is 6.97. The van der Waals surface area contributed by atoms with Crippen LogP contribution in [0.2, 0.25) is 0 Å². The number of benzene rings is 1. The molecule has 2 fully saturated rings. The molecule has 3 heterocycles. The predicted molar refractivity (Wildman–Crippen MR) is 115 cm³/mol. The number of piperidine rings is 2. The Morgan fingerprint density at radius 2 is 1.87 bits per heavy atom. The van der Waals surface area contributed by atoms with Gasteiger partial charge in [-0.25, -0.2) is 0 Å². The molecule has 0 unspecified atom stereocenters. The van der Waals surface area contributed by atoms with Gasteiger partial charge >= 0.3 is 0 Å². The van der Waals surface area contributed by atoms with E-state index in [4.69, 9.17) is 4.74 Å². The number of para-hydroxylation sites is 1. The van der Waals surface area contributed by atoms with Gasteiger partial charge in [-0.05, 0) is 55.9 Å². The topological polar surface area (TPSA) is 65.9 Å². The third-order valence-electron chi connectivity index (χ3n) is 6.12. The van der Waals surface area contributed by atoms with Gasteiger partial charge in [-0.2, -0.15) is 0 Å². The minimum atomic E-state index is 0.0105. The van der Waals surface area contributed by atoms with Crippen LogP contribution in [0.25, 0.3) is 0 Å². The van der Waals surface area contributed by atoms with Gasteiger partial charge in [0.2, 0.25) is 0 Å². The molecular weight excluding hydrogens is 378 g/mol. The van der Waals surface area contributed by atoms with Crippen molar-refractivity contribution in [3.63, 3.8) is 0 Å². The Balaban J connectivity index is 1.35. The highest BCUT2D eigenvalue weighted by molar-refractivity contribution is 5.97. The molecule has 0 aliphatic carbocycles. The van der Waals surface area contributed by atoms with E-state index in [0.717, 1.165) is 57.6 Å². The molecule has 1 N–H and O–H groups in total. The number of carbonyl (C=O) groups is 1. The lowest BCUT2D eigenvalue weighted by Gasteiger charge is -2.34.